The number of hydrogen-bond acceptors (Lipinski definition) is 3. The van der Waals surface area contributed by atoms with Crippen molar-refractivity contribution in [3.63, 3.8) is 0 Å². The Morgan fingerprint density at radius 3 is 2.53 bits per heavy atom. The first-order valence-corrected chi connectivity index (χ1v) is 7.10. The lowest BCUT2D eigenvalue weighted by Gasteiger charge is -2.25. The number of carbonyl (C=O) groups excluding carboxylic acids is 1. The SMILES string of the molecule is O=C(O)C1CC=CCC1C(=O)NC1CCSC1. The standard InChI is InChI=1S/C12H17NO3S/c14-11(13-8-5-6-17-7-8)9-3-1-2-4-10(9)12(15)16/h1-2,8-10H,3-7H2,(H,13,14)(H,15,16). The van der Waals surface area contributed by atoms with E-state index in [9.17, 15) is 9.59 Å². The normalized spacial score (nSPS) is 32.4. The molecule has 0 spiro atoms. The van der Waals surface area contributed by atoms with Crippen molar-refractivity contribution in [2.45, 2.75) is 25.3 Å². The van der Waals surface area contributed by atoms with E-state index in [-0.39, 0.29) is 11.9 Å². The summed E-state index contributed by atoms with van der Waals surface area (Å²) in [4.78, 5) is 23.1. The van der Waals surface area contributed by atoms with Crippen LogP contribution in [0.3, 0.4) is 0 Å². The van der Waals surface area contributed by atoms with Crippen molar-refractivity contribution in [3.8, 4) is 0 Å². The van der Waals surface area contributed by atoms with E-state index >= 15 is 0 Å². The fraction of sp³-hybridized carbons (Fsp3) is 0.667. The second kappa shape index (κ2) is 5.58. The first kappa shape index (κ1) is 12.5. The number of hydrogen-bond donors (Lipinski definition) is 2. The molecule has 94 valence electrons. The molecule has 3 atom stereocenters. The van der Waals surface area contributed by atoms with Gasteiger partial charge in [0.2, 0.25) is 5.91 Å². The summed E-state index contributed by atoms with van der Waals surface area (Å²) in [5.74, 6) is 0.117. The number of carboxylic acid groups (broad SMARTS) is 1. The van der Waals surface area contributed by atoms with Gasteiger partial charge in [-0.05, 0) is 25.0 Å². The predicted octanol–water partition coefficient (Wildman–Crippen LogP) is 1.28. The van der Waals surface area contributed by atoms with E-state index in [4.69, 9.17) is 5.11 Å². The molecule has 3 unspecified atom stereocenters. The molecular weight excluding hydrogens is 238 g/mol. The Labute approximate surface area is 105 Å². The summed E-state index contributed by atoms with van der Waals surface area (Å²) in [5.41, 5.74) is 0. The van der Waals surface area contributed by atoms with E-state index in [2.05, 4.69) is 5.32 Å². The lowest BCUT2D eigenvalue weighted by molar-refractivity contribution is -0.147. The van der Waals surface area contributed by atoms with Crippen molar-refractivity contribution in [3.05, 3.63) is 12.2 Å². The zero-order chi connectivity index (χ0) is 12.3. The third kappa shape index (κ3) is 3.03. The van der Waals surface area contributed by atoms with Gasteiger partial charge in [-0.2, -0.15) is 11.8 Å². The summed E-state index contributed by atoms with van der Waals surface area (Å²) in [6, 6.07) is 0.229. The van der Waals surface area contributed by atoms with Crippen LogP contribution in [-0.4, -0.2) is 34.5 Å². The number of nitrogens with one attached hydrogen (secondary N) is 1. The Bertz CT molecular complexity index is 337. The molecule has 1 fully saturated rings. The van der Waals surface area contributed by atoms with Gasteiger partial charge in [0.25, 0.3) is 0 Å². The minimum Gasteiger partial charge on any atom is -0.481 e. The second-order valence-corrected chi connectivity index (χ2v) is 5.71. The second-order valence-electron chi connectivity index (χ2n) is 4.56. The number of thioether (sulfide) groups is 1. The summed E-state index contributed by atoms with van der Waals surface area (Å²) in [5, 5.41) is 12.1. The van der Waals surface area contributed by atoms with Gasteiger partial charge in [0.05, 0.1) is 11.8 Å². The third-order valence-electron chi connectivity index (χ3n) is 3.36. The van der Waals surface area contributed by atoms with Gasteiger partial charge in [-0.1, -0.05) is 12.2 Å². The van der Waals surface area contributed by atoms with Gasteiger partial charge in [-0.15, -0.1) is 0 Å². The maximum atomic E-state index is 12.1. The van der Waals surface area contributed by atoms with E-state index in [0.717, 1.165) is 17.9 Å². The largest absolute Gasteiger partial charge is 0.481 e. The van der Waals surface area contributed by atoms with Gasteiger partial charge in [-0.25, -0.2) is 0 Å². The number of amides is 1. The van der Waals surface area contributed by atoms with Crippen LogP contribution >= 0.6 is 11.8 Å². The Kier molecular flexibility index (Phi) is 4.10. The summed E-state index contributed by atoms with van der Waals surface area (Å²) in [6.07, 6.45) is 5.77. The number of carbonyl (C=O) groups is 2. The van der Waals surface area contributed by atoms with E-state index < -0.39 is 17.8 Å². The van der Waals surface area contributed by atoms with Gasteiger partial charge >= 0.3 is 5.97 Å². The van der Waals surface area contributed by atoms with E-state index in [0.29, 0.717) is 12.8 Å². The molecule has 4 nitrogen and oxygen atoms in total. The summed E-state index contributed by atoms with van der Waals surface area (Å²) in [7, 11) is 0. The average molecular weight is 255 g/mol. The highest BCUT2D eigenvalue weighted by Crippen LogP contribution is 2.27. The van der Waals surface area contributed by atoms with E-state index in [1.165, 1.54) is 0 Å². The molecule has 2 N–H and O–H groups in total. The predicted molar refractivity (Wildman–Crippen MR) is 66.9 cm³/mol. The van der Waals surface area contributed by atoms with Crippen molar-refractivity contribution >= 4 is 23.6 Å². The molecule has 0 bridgehead atoms. The topological polar surface area (TPSA) is 66.4 Å². The van der Waals surface area contributed by atoms with Crippen LogP contribution in [0.4, 0.5) is 0 Å². The Hall–Kier alpha value is -0.970. The molecule has 0 radical (unpaired) electrons. The Balaban J connectivity index is 1.96. The highest BCUT2D eigenvalue weighted by atomic mass is 32.2. The summed E-state index contributed by atoms with van der Waals surface area (Å²) >= 11 is 1.83. The molecule has 1 heterocycles. The Morgan fingerprint density at radius 1 is 1.24 bits per heavy atom. The van der Waals surface area contributed by atoms with Gasteiger partial charge in [-0.3, -0.25) is 9.59 Å². The zero-order valence-electron chi connectivity index (χ0n) is 9.59. The molecule has 0 aromatic rings. The van der Waals surface area contributed by atoms with Crippen LogP contribution in [0.5, 0.6) is 0 Å². The monoisotopic (exact) mass is 255 g/mol. The molecule has 1 saturated heterocycles. The van der Waals surface area contributed by atoms with E-state index in [1.54, 1.807) is 0 Å². The Morgan fingerprint density at radius 2 is 1.94 bits per heavy atom. The maximum Gasteiger partial charge on any atom is 0.307 e. The minimum absolute atomic E-state index is 0.0887. The van der Waals surface area contributed by atoms with Gasteiger partial charge in [0.15, 0.2) is 0 Å². The molecule has 1 amide bonds. The smallest absolute Gasteiger partial charge is 0.307 e. The molecule has 0 aromatic heterocycles. The average Bonchev–Trinajstić information content (AvgIpc) is 2.81. The third-order valence-corrected chi connectivity index (χ3v) is 4.52. The highest BCUT2D eigenvalue weighted by Gasteiger charge is 2.34. The maximum absolute atomic E-state index is 12.1. The molecular formula is C12H17NO3S. The van der Waals surface area contributed by atoms with Crippen LogP contribution in [0.15, 0.2) is 12.2 Å². The van der Waals surface area contributed by atoms with E-state index in [1.807, 2.05) is 23.9 Å². The van der Waals surface area contributed by atoms with Crippen molar-refractivity contribution in [1.82, 2.24) is 5.32 Å². The van der Waals surface area contributed by atoms with Crippen LogP contribution < -0.4 is 5.32 Å². The van der Waals surface area contributed by atoms with Gasteiger partial charge in [0.1, 0.15) is 0 Å². The zero-order valence-corrected chi connectivity index (χ0v) is 10.4. The number of aliphatic carboxylic acids is 1. The molecule has 2 aliphatic rings. The molecule has 0 aromatic carbocycles. The molecule has 17 heavy (non-hydrogen) atoms. The highest BCUT2D eigenvalue weighted by molar-refractivity contribution is 7.99. The lowest BCUT2D eigenvalue weighted by atomic mass is 9.82. The van der Waals surface area contributed by atoms with Crippen molar-refractivity contribution in [2.24, 2.45) is 11.8 Å². The summed E-state index contributed by atoms with van der Waals surface area (Å²) in [6.45, 7) is 0. The quantitative estimate of drug-likeness (QED) is 0.745. The first-order chi connectivity index (χ1) is 8.18. The number of rotatable bonds is 3. The van der Waals surface area contributed by atoms with Crippen LogP contribution in [0.2, 0.25) is 0 Å². The van der Waals surface area contributed by atoms with Crippen molar-refractivity contribution < 1.29 is 14.7 Å². The number of carboxylic acids is 1. The number of allylic oxidation sites excluding steroid dienone is 2. The van der Waals surface area contributed by atoms with Crippen LogP contribution in [0.25, 0.3) is 0 Å². The fourth-order valence-corrected chi connectivity index (χ4v) is 3.49. The van der Waals surface area contributed by atoms with Gasteiger partial charge < -0.3 is 10.4 Å². The van der Waals surface area contributed by atoms with Crippen molar-refractivity contribution in [2.75, 3.05) is 11.5 Å². The summed E-state index contributed by atoms with van der Waals surface area (Å²) < 4.78 is 0. The fourth-order valence-electron chi connectivity index (χ4n) is 2.33. The van der Waals surface area contributed by atoms with Crippen LogP contribution in [0, 0.1) is 11.8 Å². The lowest BCUT2D eigenvalue weighted by Crippen LogP contribution is -2.43. The minimum atomic E-state index is -0.865. The molecule has 1 aliphatic carbocycles. The van der Waals surface area contributed by atoms with Crippen LogP contribution in [0.1, 0.15) is 19.3 Å². The molecule has 0 saturated carbocycles. The molecule has 1 aliphatic heterocycles. The molecule has 5 heteroatoms. The molecule has 2 rings (SSSR count). The first-order valence-electron chi connectivity index (χ1n) is 5.94. The van der Waals surface area contributed by atoms with Gasteiger partial charge in [0, 0.05) is 11.8 Å². The van der Waals surface area contributed by atoms with Crippen molar-refractivity contribution in [1.29, 1.82) is 0 Å². The van der Waals surface area contributed by atoms with Crippen LogP contribution in [-0.2, 0) is 9.59 Å².